The number of rotatable bonds is 44. The summed E-state index contributed by atoms with van der Waals surface area (Å²) in [7, 11) is 1.54. The summed E-state index contributed by atoms with van der Waals surface area (Å²) in [5, 5.41) is 13.8. The molecule has 0 aliphatic carbocycles. The highest BCUT2D eigenvalue weighted by Gasteiger charge is 2.27. The van der Waals surface area contributed by atoms with E-state index >= 15 is 0 Å². The average Bonchev–Trinajstić information content (AvgIpc) is 3.20. The van der Waals surface area contributed by atoms with Crippen molar-refractivity contribution in [3.8, 4) is 0 Å². The van der Waals surface area contributed by atoms with Crippen LogP contribution >= 0.6 is 7.82 Å². The van der Waals surface area contributed by atoms with Crippen LogP contribution in [-0.4, -0.2) is 73.4 Å². The van der Waals surface area contributed by atoms with Crippen LogP contribution in [0.3, 0.4) is 0 Å². The van der Waals surface area contributed by atoms with Gasteiger partial charge in [0, 0.05) is 6.42 Å². The first kappa shape index (κ1) is 58.2. The maximum absolute atomic E-state index is 12.9. The van der Waals surface area contributed by atoms with Crippen LogP contribution in [0.4, 0.5) is 0 Å². The lowest BCUT2D eigenvalue weighted by atomic mass is 10.0. The van der Waals surface area contributed by atoms with Gasteiger partial charge in [-0.2, -0.15) is 0 Å². The van der Waals surface area contributed by atoms with Crippen molar-refractivity contribution in [2.24, 2.45) is 0 Å². The Morgan fingerprint density at radius 1 is 0.567 bits per heavy atom. The molecule has 0 bridgehead atoms. The van der Waals surface area contributed by atoms with E-state index in [4.69, 9.17) is 9.05 Å². The van der Waals surface area contributed by atoms with Crippen LogP contribution in [0.5, 0.6) is 0 Å². The molecule has 1 amide bonds. The number of likely N-dealkylation sites (N-methyl/N-ethyl adjacent to an activating group) is 1. The monoisotopic (exact) mass is 864 g/mol. The quantitative estimate of drug-likeness (QED) is 0.0244. The third-order valence-corrected chi connectivity index (χ3v) is 11.7. The summed E-state index contributed by atoms with van der Waals surface area (Å²) in [6, 6.07) is -0.869. The summed E-state index contributed by atoms with van der Waals surface area (Å²) in [6.07, 6.45) is 56.0. The maximum atomic E-state index is 12.9. The molecule has 0 aliphatic heterocycles. The molecule has 0 aromatic rings. The number of hydrogen-bond donors (Lipinski definition) is 3. The highest BCUT2D eigenvalue weighted by atomic mass is 31.2. The standard InChI is InChI=1S/C51H95N2O6P/c1-6-8-10-12-14-16-18-19-20-21-22-23-24-25-26-27-28-29-30-31-32-33-35-37-39-41-43-45-51(55)52-49(48-59-60(56,57)58-47-46-53(3,4)5)50(54)44-42-40-38-36-34-17-15-13-11-9-7-2/h11,13,18-19,21-22,34,36,42,44,49-50,54H,6-10,12,14-17,20,23-33,35,37-41,43,45-48H2,1-5H3,(H-,52,55,56,57)/p+1/b13-11+,19-18-,22-21-,36-34+,44-42+. The number of carbonyl (C=O) groups is 1. The number of quaternary nitrogens is 1. The van der Waals surface area contributed by atoms with Crippen molar-refractivity contribution in [1.82, 2.24) is 5.32 Å². The Bertz CT molecular complexity index is 1160. The summed E-state index contributed by atoms with van der Waals surface area (Å²) in [5.41, 5.74) is 0. The predicted octanol–water partition coefficient (Wildman–Crippen LogP) is 14.2. The zero-order chi connectivity index (χ0) is 44.3. The van der Waals surface area contributed by atoms with E-state index < -0.39 is 20.0 Å². The van der Waals surface area contributed by atoms with Crippen LogP contribution in [0.2, 0.25) is 0 Å². The van der Waals surface area contributed by atoms with Gasteiger partial charge in [0.15, 0.2) is 0 Å². The number of aliphatic hydroxyl groups is 1. The molecular formula is C51H96N2O6P+. The minimum absolute atomic E-state index is 0.0519. The van der Waals surface area contributed by atoms with Gasteiger partial charge in [0.1, 0.15) is 13.2 Å². The molecule has 0 saturated carbocycles. The van der Waals surface area contributed by atoms with Gasteiger partial charge in [-0.25, -0.2) is 4.57 Å². The number of allylic oxidation sites excluding steroid dienone is 9. The predicted molar refractivity (Wildman–Crippen MR) is 258 cm³/mol. The average molecular weight is 864 g/mol. The molecule has 8 nitrogen and oxygen atoms in total. The second-order valence-electron chi connectivity index (χ2n) is 17.8. The highest BCUT2D eigenvalue weighted by molar-refractivity contribution is 7.47. The van der Waals surface area contributed by atoms with Gasteiger partial charge in [-0.05, 0) is 70.6 Å². The minimum atomic E-state index is -4.35. The van der Waals surface area contributed by atoms with Crippen LogP contribution in [-0.2, 0) is 18.4 Å². The molecule has 0 aliphatic rings. The second-order valence-corrected chi connectivity index (χ2v) is 19.3. The van der Waals surface area contributed by atoms with E-state index in [1.54, 1.807) is 6.08 Å². The van der Waals surface area contributed by atoms with E-state index in [1.165, 1.54) is 128 Å². The largest absolute Gasteiger partial charge is 0.472 e. The van der Waals surface area contributed by atoms with E-state index in [2.05, 4.69) is 67.8 Å². The molecule has 0 radical (unpaired) electrons. The lowest BCUT2D eigenvalue weighted by Crippen LogP contribution is -2.45. The van der Waals surface area contributed by atoms with Crippen molar-refractivity contribution in [2.75, 3.05) is 40.9 Å². The van der Waals surface area contributed by atoms with Crippen molar-refractivity contribution in [2.45, 2.75) is 219 Å². The molecule has 60 heavy (non-hydrogen) atoms. The van der Waals surface area contributed by atoms with Gasteiger partial charge in [-0.1, -0.05) is 190 Å². The molecule has 3 N–H and O–H groups in total. The summed E-state index contributed by atoms with van der Waals surface area (Å²) in [4.78, 5) is 23.1. The van der Waals surface area contributed by atoms with Crippen molar-refractivity contribution < 1.29 is 32.9 Å². The summed E-state index contributed by atoms with van der Waals surface area (Å²) in [5.74, 6) is -0.194. The molecule has 0 saturated heterocycles. The molecule has 0 fully saturated rings. The van der Waals surface area contributed by atoms with E-state index in [0.29, 0.717) is 17.4 Å². The molecule has 0 spiro atoms. The van der Waals surface area contributed by atoms with Crippen molar-refractivity contribution in [1.29, 1.82) is 0 Å². The number of unbranched alkanes of at least 4 members (excludes halogenated alkanes) is 23. The third-order valence-electron chi connectivity index (χ3n) is 10.7. The Labute approximate surface area is 371 Å². The van der Waals surface area contributed by atoms with Gasteiger partial charge in [0.25, 0.3) is 0 Å². The maximum Gasteiger partial charge on any atom is 0.472 e. The number of nitrogens with zero attached hydrogens (tertiary/aromatic N) is 1. The molecule has 9 heteroatoms. The lowest BCUT2D eigenvalue weighted by molar-refractivity contribution is -0.870. The molecule has 0 aromatic carbocycles. The first-order valence-electron chi connectivity index (χ1n) is 24.7. The summed E-state index contributed by atoms with van der Waals surface area (Å²) in [6.45, 7) is 4.69. The number of amides is 1. The van der Waals surface area contributed by atoms with Gasteiger partial charge in [-0.15, -0.1) is 0 Å². The Kier molecular flexibility index (Phi) is 41.2. The van der Waals surface area contributed by atoms with Crippen molar-refractivity contribution in [3.05, 3.63) is 60.8 Å². The Hall–Kier alpha value is -1.80. The molecule has 0 aromatic heterocycles. The number of phosphoric ester groups is 1. The minimum Gasteiger partial charge on any atom is -0.387 e. The van der Waals surface area contributed by atoms with Crippen molar-refractivity contribution in [3.63, 3.8) is 0 Å². The fourth-order valence-electron chi connectivity index (χ4n) is 6.76. The van der Waals surface area contributed by atoms with Crippen LogP contribution in [0.15, 0.2) is 60.8 Å². The number of hydrogen-bond acceptors (Lipinski definition) is 5. The van der Waals surface area contributed by atoms with Crippen LogP contribution in [0.25, 0.3) is 0 Å². The van der Waals surface area contributed by atoms with Crippen molar-refractivity contribution >= 4 is 13.7 Å². The SMILES string of the molecule is CCC/C=C/CC/C=C/CC/C=C/C(O)C(COP(=O)(O)OCC[N+](C)(C)C)NC(=O)CCCCCCCCCCCCCCCCC/C=C\C/C=C\CCCCCCC. The second kappa shape index (κ2) is 42.5. The van der Waals surface area contributed by atoms with Crippen LogP contribution in [0, 0.1) is 0 Å². The van der Waals surface area contributed by atoms with Gasteiger partial charge < -0.3 is 19.8 Å². The molecular weight excluding hydrogens is 768 g/mol. The van der Waals surface area contributed by atoms with E-state index in [-0.39, 0.29) is 19.1 Å². The zero-order valence-electron chi connectivity index (χ0n) is 39.7. The Morgan fingerprint density at radius 3 is 1.48 bits per heavy atom. The number of phosphoric acid groups is 1. The molecule has 350 valence electrons. The normalized spacial score (nSPS) is 14.7. The van der Waals surface area contributed by atoms with E-state index in [1.807, 2.05) is 27.2 Å². The number of aliphatic hydroxyl groups excluding tert-OH is 1. The van der Waals surface area contributed by atoms with Gasteiger partial charge in [0.2, 0.25) is 5.91 Å². The molecule has 3 atom stereocenters. The highest BCUT2D eigenvalue weighted by Crippen LogP contribution is 2.43. The first-order valence-corrected chi connectivity index (χ1v) is 26.2. The van der Waals surface area contributed by atoms with Gasteiger partial charge in [0.05, 0.1) is 39.9 Å². The number of nitrogens with one attached hydrogen (secondary N) is 1. The topological polar surface area (TPSA) is 105 Å². The molecule has 3 unspecified atom stereocenters. The van der Waals surface area contributed by atoms with Gasteiger partial charge in [-0.3, -0.25) is 13.8 Å². The lowest BCUT2D eigenvalue weighted by Gasteiger charge is -2.25. The first-order chi connectivity index (χ1) is 29.0. The zero-order valence-corrected chi connectivity index (χ0v) is 40.6. The Balaban J connectivity index is 4.16. The van der Waals surface area contributed by atoms with Crippen LogP contribution in [0.1, 0.15) is 206 Å². The summed E-state index contributed by atoms with van der Waals surface area (Å²) < 4.78 is 23.5. The van der Waals surface area contributed by atoms with E-state index in [9.17, 15) is 19.4 Å². The molecule has 0 rings (SSSR count). The Morgan fingerprint density at radius 2 is 1.00 bits per heavy atom. The van der Waals surface area contributed by atoms with E-state index in [0.717, 1.165) is 57.8 Å². The van der Waals surface area contributed by atoms with Gasteiger partial charge >= 0.3 is 7.82 Å². The molecule has 0 heterocycles. The number of carbonyl (C=O) groups excluding carboxylic acids is 1. The third kappa shape index (κ3) is 44.3. The van der Waals surface area contributed by atoms with Crippen LogP contribution < -0.4 is 5.32 Å². The fraction of sp³-hybridized carbons (Fsp3) is 0.784. The summed E-state index contributed by atoms with van der Waals surface area (Å²) >= 11 is 0. The smallest absolute Gasteiger partial charge is 0.387 e. The fourth-order valence-corrected chi connectivity index (χ4v) is 7.49.